The van der Waals surface area contributed by atoms with Gasteiger partial charge in [-0.1, -0.05) is 12.2 Å². The predicted molar refractivity (Wildman–Crippen MR) is 124 cm³/mol. The number of ether oxygens (including phenoxy) is 1. The summed E-state index contributed by atoms with van der Waals surface area (Å²) in [5.41, 5.74) is 0.507. The molecule has 31 heavy (non-hydrogen) atoms. The summed E-state index contributed by atoms with van der Waals surface area (Å²) >= 11 is 0. The minimum absolute atomic E-state index is 0.0370. The second-order valence-electron chi connectivity index (χ2n) is 10.0. The van der Waals surface area contributed by atoms with E-state index in [1.807, 2.05) is 32.6 Å². The van der Waals surface area contributed by atoms with Crippen LogP contribution >= 0.6 is 0 Å². The van der Waals surface area contributed by atoms with Gasteiger partial charge in [0.1, 0.15) is 12.1 Å². The average molecular weight is 436 g/mol. The van der Waals surface area contributed by atoms with Gasteiger partial charge in [-0.25, -0.2) is 9.79 Å². The number of likely N-dealkylation sites (N-methyl/N-ethyl adjacent to an activating group) is 1. The molecule has 2 amide bonds. The molecule has 8 heteroatoms. The van der Waals surface area contributed by atoms with Gasteiger partial charge in [0.25, 0.3) is 0 Å². The number of piperidine rings is 1. The Hall–Kier alpha value is -2.25. The van der Waals surface area contributed by atoms with Gasteiger partial charge in [0, 0.05) is 46.3 Å². The highest BCUT2D eigenvalue weighted by atomic mass is 16.6. The molecule has 8 nitrogen and oxygen atoms in total. The first-order valence-corrected chi connectivity index (χ1v) is 11.3. The van der Waals surface area contributed by atoms with Gasteiger partial charge in [-0.05, 0) is 59.3 Å². The topological polar surface area (TPSA) is 77.5 Å². The Morgan fingerprint density at radius 3 is 2.26 bits per heavy atom. The number of amides is 2. The number of hydrogen-bond donors (Lipinski definition) is 1. The number of rotatable bonds is 7. The van der Waals surface area contributed by atoms with E-state index in [0.29, 0.717) is 12.5 Å². The van der Waals surface area contributed by atoms with E-state index in [9.17, 15) is 9.59 Å². The number of hydrogen-bond acceptors (Lipinski definition) is 4. The van der Waals surface area contributed by atoms with Crippen molar-refractivity contribution in [3.63, 3.8) is 0 Å². The van der Waals surface area contributed by atoms with Gasteiger partial charge in [-0.3, -0.25) is 4.79 Å². The molecule has 2 fully saturated rings. The molecule has 2 aliphatic rings. The first-order valence-electron chi connectivity index (χ1n) is 11.3. The van der Waals surface area contributed by atoms with E-state index in [2.05, 4.69) is 21.8 Å². The number of nitrogens with zero attached hydrogens (tertiary/aromatic N) is 4. The Balaban J connectivity index is 2.02. The summed E-state index contributed by atoms with van der Waals surface area (Å²) in [6, 6.07) is 0.164. The van der Waals surface area contributed by atoms with Crippen LogP contribution < -0.4 is 5.32 Å². The Labute approximate surface area is 187 Å². The molecule has 1 N–H and O–H groups in total. The van der Waals surface area contributed by atoms with E-state index in [-0.39, 0.29) is 24.6 Å². The fraction of sp³-hybridized carbons (Fsp3) is 0.783. The third-order valence-electron chi connectivity index (χ3n) is 5.40. The summed E-state index contributed by atoms with van der Waals surface area (Å²) in [5, 5.41) is 3.32. The lowest BCUT2D eigenvalue weighted by Crippen LogP contribution is -2.53. The van der Waals surface area contributed by atoms with Crippen molar-refractivity contribution in [1.29, 1.82) is 0 Å². The third-order valence-corrected chi connectivity index (χ3v) is 5.40. The van der Waals surface area contributed by atoms with E-state index in [1.54, 1.807) is 19.0 Å². The van der Waals surface area contributed by atoms with Gasteiger partial charge in [0.15, 0.2) is 5.96 Å². The minimum atomic E-state index is -0.495. The van der Waals surface area contributed by atoms with E-state index >= 15 is 0 Å². The minimum Gasteiger partial charge on any atom is -0.444 e. The molecule has 0 bridgehead atoms. The lowest BCUT2D eigenvalue weighted by Gasteiger charge is -2.40. The Morgan fingerprint density at radius 2 is 1.77 bits per heavy atom. The van der Waals surface area contributed by atoms with Crippen molar-refractivity contribution in [3.05, 3.63) is 12.2 Å². The average Bonchev–Trinajstić information content (AvgIpc) is 3.48. The van der Waals surface area contributed by atoms with Crippen LogP contribution in [0.1, 0.15) is 53.4 Å². The third kappa shape index (κ3) is 8.79. The molecule has 0 aromatic heterocycles. The molecular weight excluding hydrogens is 394 g/mol. The van der Waals surface area contributed by atoms with Gasteiger partial charge in [-0.15, -0.1) is 0 Å². The second kappa shape index (κ2) is 10.9. The fourth-order valence-corrected chi connectivity index (χ4v) is 3.44. The van der Waals surface area contributed by atoms with Crippen molar-refractivity contribution in [2.75, 3.05) is 46.8 Å². The monoisotopic (exact) mass is 435 g/mol. The number of carbonyl (C=O) groups is 2. The summed E-state index contributed by atoms with van der Waals surface area (Å²) < 4.78 is 5.69. The molecule has 1 heterocycles. The van der Waals surface area contributed by atoms with Gasteiger partial charge in [-0.2, -0.15) is 0 Å². The molecule has 0 unspecified atom stereocenters. The molecular formula is C23H41N5O3. The zero-order valence-corrected chi connectivity index (χ0v) is 20.2. The van der Waals surface area contributed by atoms with Crippen LogP contribution in [0.4, 0.5) is 4.79 Å². The normalized spacial score (nSPS) is 17.9. The maximum absolute atomic E-state index is 12.9. The highest BCUT2D eigenvalue weighted by Crippen LogP contribution is 2.32. The molecule has 0 aromatic carbocycles. The lowest BCUT2D eigenvalue weighted by atomic mass is 10.0. The molecule has 2 rings (SSSR count). The number of carbonyl (C=O) groups excluding carboxylic acids is 2. The smallest absolute Gasteiger partial charge is 0.410 e. The van der Waals surface area contributed by atoms with E-state index in [4.69, 9.17) is 4.74 Å². The Bertz CT molecular complexity index is 671. The van der Waals surface area contributed by atoms with Crippen LogP contribution in [0, 0.1) is 5.92 Å². The molecule has 0 aromatic rings. The van der Waals surface area contributed by atoms with Crippen molar-refractivity contribution in [3.8, 4) is 0 Å². The van der Waals surface area contributed by atoms with Crippen molar-refractivity contribution in [1.82, 2.24) is 20.0 Å². The van der Waals surface area contributed by atoms with Crippen LogP contribution in [-0.2, 0) is 9.53 Å². The molecule has 0 atom stereocenters. The maximum Gasteiger partial charge on any atom is 0.410 e. The van der Waals surface area contributed by atoms with Crippen LogP contribution in [0.15, 0.2) is 17.1 Å². The first-order chi connectivity index (χ1) is 14.5. The molecule has 1 saturated carbocycles. The van der Waals surface area contributed by atoms with Crippen LogP contribution in [0.3, 0.4) is 0 Å². The zero-order valence-electron chi connectivity index (χ0n) is 20.2. The molecule has 0 spiro atoms. The van der Waals surface area contributed by atoms with Crippen molar-refractivity contribution in [2.45, 2.75) is 65.0 Å². The van der Waals surface area contributed by atoms with Crippen molar-refractivity contribution < 1.29 is 14.3 Å². The zero-order chi connectivity index (χ0) is 23.2. The predicted octanol–water partition coefficient (Wildman–Crippen LogP) is 2.71. The van der Waals surface area contributed by atoms with E-state index in [1.165, 1.54) is 12.8 Å². The van der Waals surface area contributed by atoms with Crippen molar-refractivity contribution >= 4 is 18.0 Å². The SMILES string of the molecule is C=C(C)CNC(=NCC(=O)N(C)C)N1CCC(N(CC2CC2)C(=O)OC(C)(C)C)CC1. The quantitative estimate of drug-likeness (QED) is 0.378. The second-order valence-corrected chi connectivity index (χ2v) is 10.0. The van der Waals surface area contributed by atoms with Gasteiger partial charge < -0.3 is 24.8 Å². The summed E-state index contributed by atoms with van der Waals surface area (Å²) in [4.78, 5) is 35.1. The molecule has 1 aliphatic heterocycles. The molecule has 1 saturated heterocycles. The standard InChI is InChI=1S/C23H41N5O3/c1-17(2)14-24-21(25-15-20(29)26(6)7)27-12-10-19(11-13-27)28(16-18-8-9-18)22(30)31-23(3,4)5/h18-19H,1,8-16H2,2-7H3,(H,24,25). The summed E-state index contributed by atoms with van der Waals surface area (Å²) in [7, 11) is 3.46. The van der Waals surface area contributed by atoms with Crippen LogP contribution in [0.25, 0.3) is 0 Å². The highest BCUT2D eigenvalue weighted by Gasteiger charge is 2.35. The highest BCUT2D eigenvalue weighted by molar-refractivity contribution is 5.85. The van der Waals surface area contributed by atoms with Gasteiger partial charge in [0.05, 0.1) is 0 Å². The Morgan fingerprint density at radius 1 is 1.16 bits per heavy atom. The van der Waals surface area contributed by atoms with E-state index in [0.717, 1.165) is 44.0 Å². The number of likely N-dealkylation sites (tertiary alicyclic amines) is 1. The molecule has 176 valence electrons. The largest absolute Gasteiger partial charge is 0.444 e. The van der Waals surface area contributed by atoms with Gasteiger partial charge in [0.2, 0.25) is 5.91 Å². The number of guanidine groups is 1. The maximum atomic E-state index is 12.9. The summed E-state index contributed by atoms with van der Waals surface area (Å²) in [6.45, 7) is 14.7. The van der Waals surface area contributed by atoms with Crippen LogP contribution in [0.5, 0.6) is 0 Å². The van der Waals surface area contributed by atoms with Crippen molar-refractivity contribution in [2.24, 2.45) is 10.9 Å². The summed E-state index contributed by atoms with van der Waals surface area (Å²) in [5.74, 6) is 1.30. The van der Waals surface area contributed by atoms with Gasteiger partial charge >= 0.3 is 6.09 Å². The fourth-order valence-electron chi connectivity index (χ4n) is 3.44. The molecule has 0 radical (unpaired) electrons. The number of aliphatic imine (C=N–C) groups is 1. The molecule has 1 aliphatic carbocycles. The summed E-state index contributed by atoms with van der Waals surface area (Å²) in [6.07, 6.45) is 3.88. The first kappa shape index (κ1) is 25.0. The number of nitrogens with one attached hydrogen (secondary N) is 1. The van der Waals surface area contributed by atoms with E-state index < -0.39 is 5.60 Å². The Kier molecular flexibility index (Phi) is 8.77. The lowest BCUT2D eigenvalue weighted by molar-refractivity contribution is -0.127. The van der Waals surface area contributed by atoms with Crippen LogP contribution in [0.2, 0.25) is 0 Å². The van der Waals surface area contributed by atoms with Crippen LogP contribution in [-0.4, -0.2) is 91.1 Å².